The molecule has 126 valence electrons. The lowest BCUT2D eigenvalue weighted by Gasteiger charge is -2.28. The van der Waals surface area contributed by atoms with Gasteiger partial charge in [-0.2, -0.15) is 0 Å². The second kappa shape index (κ2) is 7.05. The molecule has 0 unspecified atom stereocenters. The molecule has 0 aliphatic carbocycles. The van der Waals surface area contributed by atoms with Crippen LogP contribution in [0.4, 0.5) is 10.1 Å². The first-order valence-corrected chi connectivity index (χ1v) is 7.99. The lowest BCUT2D eigenvalue weighted by molar-refractivity contribution is -0.131. The normalized spacial score (nSPS) is 11.2. The Morgan fingerprint density at radius 2 is 1.44 bits per heavy atom. The quantitative estimate of drug-likeness (QED) is 0.730. The number of hydrogen-bond donors (Lipinski definition) is 2. The Morgan fingerprint density at radius 1 is 0.920 bits per heavy atom. The molecule has 0 fully saturated rings. The average molecular weight is 356 g/mol. The van der Waals surface area contributed by atoms with Gasteiger partial charge in [-0.05, 0) is 29.3 Å². The Kier molecular flexibility index (Phi) is 4.83. The number of carbonyl (C=O) groups is 1. The highest BCUT2D eigenvalue weighted by Crippen LogP contribution is 2.31. The number of hydrogen-bond acceptors (Lipinski definition) is 2. The number of nitrogens with one attached hydrogen (secondary N) is 1. The van der Waals surface area contributed by atoms with Crippen LogP contribution in [0, 0.1) is 5.82 Å². The highest BCUT2D eigenvalue weighted by molar-refractivity contribution is 6.31. The van der Waals surface area contributed by atoms with Gasteiger partial charge in [0, 0.05) is 5.69 Å². The SMILES string of the molecule is O=C(Nc1ccc(F)c(Cl)c1)C(O)(c1ccccc1)c1ccccc1. The first kappa shape index (κ1) is 17.1. The summed E-state index contributed by atoms with van der Waals surface area (Å²) in [5.74, 6) is -1.24. The summed E-state index contributed by atoms with van der Waals surface area (Å²) in [5.41, 5.74) is -0.760. The van der Waals surface area contributed by atoms with Crippen molar-refractivity contribution in [2.75, 3.05) is 5.32 Å². The Labute approximate surface area is 149 Å². The van der Waals surface area contributed by atoms with E-state index < -0.39 is 17.3 Å². The van der Waals surface area contributed by atoms with Crippen molar-refractivity contribution in [3.05, 3.63) is 101 Å². The van der Waals surface area contributed by atoms with Crippen molar-refractivity contribution in [1.82, 2.24) is 0 Å². The molecule has 0 radical (unpaired) electrons. The topological polar surface area (TPSA) is 49.3 Å². The van der Waals surface area contributed by atoms with E-state index in [1.165, 1.54) is 12.1 Å². The molecule has 2 N–H and O–H groups in total. The minimum atomic E-state index is -1.90. The summed E-state index contributed by atoms with van der Waals surface area (Å²) < 4.78 is 13.3. The minimum Gasteiger partial charge on any atom is -0.372 e. The van der Waals surface area contributed by atoms with Crippen LogP contribution >= 0.6 is 11.6 Å². The Morgan fingerprint density at radius 3 is 1.92 bits per heavy atom. The van der Waals surface area contributed by atoms with Gasteiger partial charge in [-0.25, -0.2) is 4.39 Å². The van der Waals surface area contributed by atoms with E-state index in [0.717, 1.165) is 6.07 Å². The van der Waals surface area contributed by atoms with Crippen LogP contribution in [0.25, 0.3) is 0 Å². The van der Waals surface area contributed by atoms with Crippen molar-refractivity contribution in [3.63, 3.8) is 0 Å². The van der Waals surface area contributed by atoms with Gasteiger partial charge in [-0.3, -0.25) is 4.79 Å². The minimum absolute atomic E-state index is 0.110. The summed E-state index contributed by atoms with van der Waals surface area (Å²) >= 11 is 5.76. The molecule has 1 amide bonds. The van der Waals surface area contributed by atoms with E-state index in [9.17, 15) is 14.3 Å². The molecule has 0 saturated carbocycles. The van der Waals surface area contributed by atoms with Gasteiger partial charge >= 0.3 is 0 Å². The number of benzene rings is 3. The van der Waals surface area contributed by atoms with Crippen molar-refractivity contribution >= 4 is 23.2 Å². The largest absolute Gasteiger partial charge is 0.372 e. The number of carbonyl (C=O) groups excluding carboxylic acids is 1. The van der Waals surface area contributed by atoms with Crippen molar-refractivity contribution in [2.24, 2.45) is 0 Å². The summed E-state index contributed by atoms with van der Waals surface area (Å²) in [5, 5.41) is 13.8. The van der Waals surface area contributed by atoms with Crippen molar-refractivity contribution in [1.29, 1.82) is 0 Å². The van der Waals surface area contributed by atoms with Gasteiger partial charge in [0.25, 0.3) is 5.91 Å². The van der Waals surface area contributed by atoms with Crippen LogP contribution in [-0.4, -0.2) is 11.0 Å². The number of anilines is 1. The Bertz CT molecular complexity index is 845. The number of amides is 1. The van der Waals surface area contributed by atoms with Gasteiger partial charge in [0.05, 0.1) is 5.02 Å². The molecule has 3 aromatic carbocycles. The van der Waals surface area contributed by atoms with E-state index in [-0.39, 0.29) is 5.02 Å². The number of rotatable bonds is 4. The van der Waals surface area contributed by atoms with E-state index >= 15 is 0 Å². The zero-order valence-electron chi connectivity index (χ0n) is 13.1. The molecule has 25 heavy (non-hydrogen) atoms. The predicted octanol–water partition coefficient (Wildman–Crippen LogP) is 4.35. The summed E-state index contributed by atoms with van der Waals surface area (Å²) in [6.07, 6.45) is 0. The molecule has 0 aliphatic heterocycles. The summed E-state index contributed by atoms with van der Waals surface area (Å²) in [6.45, 7) is 0. The van der Waals surface area contributed by atoms with Crippen molar-refractivity contribution in [3.8, 4) is 0 Å². The summed E-state index contributed by atoms with van der Waals surface area (Å²) in [4.78, 5) is 12.9. The van der Waals surface area contributed by atoms with Gasteiger partial charge < -0.3 is 10.4 Å². The fraction of sp³-hybridized carbons (Fsp3) is 0.0500. The summed E-state index contributed by atoms with van der Waals surface area (Å²) in [7, 11) is 0. The van der Waals surface area contributed by atoms with E-state index in [1.807, 2.05) is 0 Å². The highest BCUT2D eigenvalue weighted by atomic mass is 35.5. The molecule has 3 rings (SSSR count). The number of aliphatic hydroxyl groups is 1. The van der Waals surface area contributed by atoms with Gasteiger partial charge in [0.15, 0.2) is 5.60 Å². The molecular weight excluding hydrogens is 341 g/mol. The molecule has 3 nitrogen and oxygen atoms in total. The molecule has 0 aromatic heterocycles. The first-order valence-electron chi connectivity index (χ1n) is 7.62. The van der Waals surface area contributed by atoms with Crippen molar-refractivity contribution in [2.45, 2.75) is 5.60 Å². The van der Waals surface area contributed by atoms with E-state index in [4.69, 9.17) is 11.6 Å². The monoisotopic (exact) mass is 355 g/mol. The van der Waals surface area contributed by atoms with E-state index in [2.05, 4.69) is 5.32 Å². The molecule has 0 spiro atoms. The molecule has 0 heterocycles. The molecule has 0 aliphatic rings. The molecule has 5 heteroatoms. The summed E-state index contributed by atoms with van der Waals surface area (Å²) in [6, 6.07) is 21.1. The second-order valence-electron chi connectivity index (χ2n) is 5.53. The molecule has 3 aromatic rings. The van der Waals surface area contributed by atoms with Crippen molar-refractivity contribution < 1.29 is 14.3 Å². The third-order valence-electron chi connectivity index (χ3n) is 3.89. The van der Waals surface area contributed by atoms with Crippen LogP contribution < -0.4 is 5.32 Å². The van der Waals surface area contributed by atoms with Gasteiger partial charge in [0.1, 0.15) is 5.82 Å². The lowest BCUT2D eigenvalue weighted by atomic mass is 9.85. The molecular formula is C20H15ClFNO2. The highest BCUT2D eigenvalue weighted by Gasteiger charge is 2.39. The fourth-order valence-electron chi connectivity index (χ4n) is 2.58. The lowest BCUT2D eigenvalue weighted by Crippen LogP contribution is -2.41. The maximum Gasteiger partial charge on any atom is 0.265 e. The van der Waals surface area contributed by atoms with E-state index in [1.54, 1.807) is 60.7 Å². The predicted molar refractivity (Wildman–Crippen MR) is 95.9 cm³/mol. The average Bonchev–Trinajstić information content (AvgIpc) is 2.65. The van der Waals surface area contributed by atoms with Gasteiger partial charge in [-0.15, -0.1) is 0 Å². The van der Waals surface area contributed by atoms with Crippen LogP contribution in [-0.2, 0) is 10.4 Å². The Hall–Kier alpha value is -2.69. The van der Waals surface area contributed by atoms with Crippen LogP contribution in [0.1, 0.15) is 11.1 Å². The first-order chi connectivity index (χ1) is 12.0. The smallest absolute Gasteiger partial charge is 0.265 e. The van der Waals surface area contributed by atoms with Crippen LogP contribution in [0.2, 0.25) is 5.02 Å². The number of halogens is 2. The van der Waals surface area contributed by atoms with Crippen LogP contribution in [0.15, 0.2) is 78.9 Å². The molecule has 0 atom stereocenters. The molecule has 0 saturated heterocycles. The van der Waals surface area contributed by atoms with Gasteiger partial charge in [-0.1, -0.05) is 72.3 Å². The standard InChI is InChI=1S/C20H15ClFNO2/c21-17-13-16(11-12-18(17)22)23-19(24)20(25,14-7-3-1-4-8-14)15-9-5-2-6-10-15/h1-13,25H,(H,23,24). The second-order valence-corrected chi connectivity index (χ2v) is 5.93. The third kappa shape index (κ3) is 3.40. The third-order valence-corrected chi connectivity index (χ3v) is 4.18. The van der Waals surface area contributed by atoms with Crippen LogP contribution in [0.3, 0.4) is 0 Å². The fourth-order valence-corrected chi connectivity index (χ4v) is 2.76. The zero-order chi connectivity index (χ0) is 17.9. The van der Waals surface area contributed by atoms with E-state index in [0.29, 0.717) is 16.8 Å². The maximum atomic E-state index is 13.3. The van der Waals surface area contributed by atoms with Gasteiger partial charge in [0.2, 0.25) is 0 Å². The van der Waals surface area contributed by atoms with Crippen LogP contribution in [0.5, 0.6) is 0 Å². The molecule has 0 bridgehead atoms. The Balaban J connectivity index is 2.02. The zero-order valence-corrected chi connectivity index (χ0v) is 13.9. The maximum absolute atomic E-state index is 13.3.